The fourth-order valence-electron chi connectivity index (χ4n) is 3.54. The van der Waals surface area contributed by atoms with Crippen molar-refractivity contribution in [2.75, 3.05) is 6.26 Å². The summed E-state index contributed by atoms with van der Waals surface area (Å²) in [6, 6.07) is 10.2. The average molecular weight is 398 g/mol. The molecule has 1 aliphatic heterocycles. The first-order valence-electron chi connectivity index (χ1n) is 9.36. The number of carbonyl (C=O) groups excluding carboxylic acids is 1. The number of pyridine rings is 1. The first-order valence-corrected chi connectivity index (χ1v) is 11.3. The number of aromatic nitrogens is 1. The molecule has 2 fully saturated rings. The average Bonchev–Trinajstić information content (AvgIpc) is 3.40. The van der Waals surface area contributed by atoms with Crippen molar-refractivity contribution in [1.82, 2.24) is 10.3 Å². The molecule has 0 bridgehead atoms. The third kappa shape index (κ3) is 3.94. The molecule has 1 aromatic carbocycles. The van der Waals surface area contributed by atoms with Crippen molar-refractivity contribution in [3.05, 3.63) is 69.6 Å². The molecule has 146 valence electrons. The largest absolute Gasteiger partial charge is 0.350 e. The second kappa shape index (κ2) is 7.05. The van der Waals surface area contributed by atoms with Crippen LogP contribution in [-0.4, -0.2) is 31.6 Å². The first kappa shape index (κ1) is 18.7. The molecule has 4 rings (SSSR count). The predicted molar refractivity (Wildman–Crippen MR) is 107 cm³/mol. The van der Waals surface area contributed by atoms with Gasteiger partial charge in [0, 0.05) is 35.5 Å². The highest BCUT2D eigenvalue weighted by molar-refractivity contribution is 7.90. The SMILES string of the molecule is CS(=O)(=O)c1ccc(/C(=C/[C@H]2CCC(=O)N2)c2ccc(C3CC3)c(=O)[nH]2)cc1. The second-order valence-electron chi connectivity index (χ2n) is 7.52. The summed E-state index contributed by atoms with van der Waals surface area (Å²) in [4.78, 5) is 27.3. The number of nitrogens with one attached hydrogen (secondary N) is 2. The molecule has 2 aromatic rings. The van der Waals surface area contributed by atoms with Crippen LogP contribution >= 0.6 is 0 Å². The minimum absolute atomic E-state index is 0.00518. The zero-order valence-corrected chi connectivity index (χ0v) is 16.4. The molecule has 28 heavy (non-hydrogen) atoms. The van der Waals surface area contributed by atoms with Gasteiger partial charge in [-0.3, -0.25) is 9.59 Å². The Kier molecular flexibility index (Phi) is 4.71. The van der Waals surface area contributed by atoms with E-state index in [1.54, 1.807) is 24.3 Å². The zero-order chi connectivity index (χ0) is 19.9. The number of rotatable bonds is 5. The van der Waals surface area contributed by atoms with Gasteiger partial charge in [-0.15, -0.1) is 0 Å². The van der Waals surface area contributed by atoms with Gasteiger partial charge in [-0.2, -0.15) is 0 Å². The standard InChI is InChI=1S/C21H22N2O4S/c1-28(26,27)16-7-4-14(5-8-16)18(12-15-6-11-20(24)22-15)19-10-9-17(13-2-3-13)21(25)23-19/h4-5,7-10,12-13,15H,2-3,6,11H2,1H3,(H,22,24)(H,23,25)/b18-12-/t15-/m1/s1. The lowest BCUT2D eigenvalue weighted by Gasteiger charge is -2.13. The number of sulfone groups is 1. The minimum atomic E-state index is -3.29. The third-order valence-electron chi connectivity index (χ3n) is 5.24. The Hall–Kier alpha value is -2.67. The summed E-state index contributed by atoms with van der Waals surface area (Å²) in [6.07, 6.45) is 6.36. The van der Waals surface area contributed by atoms with Crippen molar-refractivity contribution in [3.63, 3.8) is 0 Å². The summed E-state index contributed by atoms with van der Waals surface area (Å²) in [7, 11) is -3.29. The van der Waals surface area contributed by atoms with Crippen LogP contribution in [0, 0.1) is 0 Å². The van der Waals surface area contributed by atoms with Gasteiger partial charge in [0.1, 0.15) is 0 Å². The Bertz CT molecular complexity index is 1110. The molecule has 1 atom stereocenters. The number of aromatic amines is 1. The lowest BCUT2D eigenvalue weighted by Crippen LogP contribution is -2.23. The maximum Gasteiger partial charge on any atom is 0.251 e. The van der Waals surface area contributed by atoms with E-state index in [4.69, 9.17) is 0 Å². The molecule has 2 N–H and O–H groups in total. The van der Waals surface area contributed by atoms with Gasteiger partial charge in [0.05, 0.1) is 4.90 Å². The summed E-state index contributed by atoms with van der Waals surface area (Å²) in [5.41, 5.74) is 2.93. The fraction of sp³-hybridized carbons (Fsp3) is 0.333. The lowest BCUT2D eigenvalue weighted by atomic mass is 9.98. The van der Waals surface area contributed by atoms with Gasteiger partial charge in [-0.25, -0.2) is 8.42 Å². The highest BCUT2D eigenvalue weighted by atomic mass is 32.2. The smallest absolute Gasteiger partial charge is 0.251 e. The van der Waals surface area contributed by atoms with E-state index in [-0.39, 0.29) is 22.4 Å². The monoisotopic (exact) mass is 398 g/mol. The van der Waals surface area contributed by atoms with E-state index in [9.17, 15) is 18.0 Å². The van der Waals surface area contributed by atoms with Crippen LogP contribution in [0.2, 0.25) is 0 Å². The van der Waals surface area contributed by atoms with Crippen LogP contribution in [0.3, 0.4) is 0 Å². The molecule has 1 aliphatic carbocycles. The number of H-pyrrole nitrogens is 1. The molecule has 2 heterocycles. The topological polar surface area (TPSA) is 96.1 Å². The molecular weight excluding hydrogens is 376 g/mol. The Morgan fingerprint density at radius 3 is 2.29 bits per heavy atom. The number of hydrogen-bond acceptors (Lipinski definition) is 4. The number of hydrogen-bond donors (Lipinski definition) is 2. The van der Waals surface area contributed by atoms with Crippen LogP contribution < -0.4 is 10.9 Å². The maximum absolute atomic E-state index is 12.5. The molecule has 1 saturated heterocycles. The van der Waals surface area contributed by atoms with Gasteiger partial charge in [-0.05, 0) is 48.9 Å². The van der Waals surface area contributed by atoms with E-state index in [0.29, 0.717) is 24.5 Å². The molecular formula is C21H22N2O4S. The van der Waals surface area contributed by atoms with Crippen molar-refractivity contribution in [1.29, 1.82) is 0 Å². The summed E-state index contributed by atoms with van der Waals surface area (Å²) in [5, 5.41) is 2.91. The minimum Gasteiger partial charge on any atom is -0.350 e. The van der Waals surface area contributed by atoms with Crippen molar-refractivity contribution in [3.8, 4) is 0 Å². The van der Waals surface area contributed by atoms with Crippen LogP contribution in [0.25, 0.3) is 5.57 Å². The molecule has 0 spiro atoms. The number of benzene rings is 1. The molecule has 0 radical (unpaired) electrons. The Labute approximate surface area is 163 Å². The predicted octanol–water partition coefficient (Wildman–Crippen LogP) is 2.37. The van der Waals surface area contributed by atoms with Crippen LogP contribution in [0.5, 0.6) is 0 Å². The van der Waals surface area contributed by atoms with Crippen LogP contribution in [0.4, 0.5) is 0 Å². The van der Waals surface area contributed by atoms with E-state index >= 15 is 0 Å². The van der Waals surface area contributed by atoms with E-state index < -0.39 is 9.84 Å². The normalized spacial score (nSPS) is 20.2. The lowest BCUT2D eigenvalue weighted by molar-refractivity contribution is -0.119. The van der Waals surface area contributed by atoms with Crippen LogP contribution in [0.1, 0.15) is 48.4 Å². The zero-order valence-electron chi connectivity index (χ0n) is 15.6. The Morgan fingerprint density at radius 1 is 1.04 bits per heavy atom. The van der Waals surface area contributed by atoms with Crippen LogP contribution in [-0.2, 0) is 14.6 Å². The van der Waals surface area contributed by atoms with Crippen molar-refractivity contribution < 1.29 is 13.2 Å². The van der Waals surface area contributed by atoms with Crippen molar-refractivity contribution in [2.45, 2.75) is 42.5 Å². The second-order valence-corrected chi connectivity index (χ2v) is 9.54. The number of carbonyl (C=O) groups is 1. The molecule has 6 nitrogen and oxygen atoms in total. The Balaban J connectivity index is 1.76. The highest BCUT2D eigenvalue weighted by Crippen LogP contribution is 2.38. The summed E-state index contributed by atoms with van der Waals surface area (Å²) < 4.78 is 23.5. The molecule has 2 aliphatic rings. The molecule has 1 amide bonds. The molecule has 1 saturated carbocycles. The van der Waals surface area contributed by atoms with Crippen molar-refractivity contribution >= 4 is 21.3 Å². The van der Waals surface area contributed by atoms with E-state index in [1.807, 2.05) is 18.2 Å². The third-order valence-corrected chi connectivity index (χ3v) is 6.37. The van der Waals surface area contributed by atoms with Gasteiger partial charge < -0.3 is 10.3 Å². The quantitative estimate of drug-likeness (QED) is 0.808. The highest BCUT2D eigenvalue weighted by Gasteiger charge is 2.26. The Morgan fingerprint density at radius 2 is 1.75 bits per heavy atom. The van der Waals surface area contributed by atoms with Gasteiger partial charge in [0.2, 0.25) is 5.91 Å². The molecule has 1 aromatic heterocycles. The van der Waals surface area contributed by atoms with E-state index in [0.717, 1.165) is 29.5 Å². The molecule has 0 unspecified atom stereocenters. The van der Waals surface area contributed by atoms with Gasteiger partial charge in [0.15, 0.2) is 9.84 Å². The van der Waals surface area contributed by atoms with Gasteiger partial charge in [-0.1, -0.05) is 24.3 Å². The summed E-state index contributed by atoms with van der Waals surface area (Å²) >= 11 is 0. The van der Waals surface area contributed by atoms with Gasteiger partial charge >= 0.3 is 0 Å². The van der Waals surface area contributed by atoms with Crippen molar-refractivity contribution in [2.24, 2.45) is 0 Å². The van der Waals surface area contributed by atoms with Gasteiger partial charge in [0.25, 0.3) is 5.56 Å². The maximum atomic E-state index is 12.5. The summed E-state index contributed by atoms with van der Waals surface area (Å²) in [6.45, 7) is 0. The van der Waals surface area contributed by atoms with E-state index in [1.165, 1.54) is 6.26 Å². The first-order chi connectivity index (χ1) is 13.3. The van der Waals surface area contributed by atoms with E-state index in [2.05, 4.69) is 10.3 Å². The van der Waals surface area contributed by atoms with Crippen LogP contribution in [0.15, 0.2) is 52.2 Å². The summed E-state index contributed by atoms with van der Waals surface area (Å²) in [5.74, 6) is 0.360. The number of amides is 1. The molecule has 7 heteroatoms. The fourth-order valence-corrected chi connectivity index (χ4v) is 4.18.